The maximum absolute atomic E-state index is 6.46. The molecule has 0 aromatic heterocycles. The van der Waals surface area contributed by atoms with Crippen molar-refractivity contribution in [2.75, 3.05) is 0 Å². The molecule has 5 atom stereocenters. The highest BCUT2D eigenvalue weighted by Gasteiger charge is 2.68. The first kappa shape index (κ1) is 16.6. The fourth-order valence-electron chi connectivity index (χ4n) is 5.31. The van der Waals surface area contributed by atoms with Crippen LogP contribution < -0.4 is 5.73 Å². The Balaban J connectivity index is 1.39. The maximum atomic E-state index is 6.46. The molecule has 5 rings (SSSR count). The van der Waals surface area contributed by atoms with Crippen molar-refractivity contribution < 1.29 is 9.31 Å². The van der Waals surface area contributed by atoms with E-state index in [-0.39, 0.29) is 24.8 Å². The normalized spacial score (nSPS) is 37.7. The molecule has 1 aliphatic heterocycles. The van der Waals surface area contributed by atoms with E-state index in [1.54, 1.807) is 0 Å². The Labute approximate surface area is 146 Å². The minimum Gasteiger partial charge on any atom is -0.404 e. The van der Waals surface area contributed by atoms with E-state index < -0.39 is 0 Å². The second kappa shape index (κ2) is 5.58. The zero-order valence-corrected chi connectivity index (χ0v) is 15.4. The lowest BCUT2D eigenvalue weighted by atomic mass is 9.43. The molecule has 0 radical (unpaired) electrons. The van der Waals surface area contributed by atoms with Crippen molar-refractivity contribution >= 4 is 7.12 Å². The van der Waals surface area contributed by atoms with Crippen molar-refractivity contribution in [2.24, 2.45) is 23.0 Å². The van der Waals surface area contributed by atoms with E-state index in [0.717, 1.165) is 25.2 Å². The highest BCUT2D eigenvalue weighted by molar-refractivity contribution is 6.47. The second-order valence-electron chi connectivity index (χ2n) is 9.03. The number of benzene rings is 1. The summed E-state index contributed by atoms with van der Waals surface area (Å²) < 4.78 is 12.7. The average Bonchev–Trinajstić information content (AvgIpc) is 2.91. The molecular weight excluding hydrogens is 297 g/mol. The molecule has 2 N–H and O–H groups in total. The van der Waals surface area contributed by atoms with Crippen LogP contribution in [0.3, 0.4) is 0 Å². The monoisotopic (exact) mass is 327 g/mol. The zero-order valence-electron chi connectivity index (χ0n) is 15.4. The Morgan fingerprint density at radius 3 is 2.58 bits per heavy atom. The van der Waals surface area contributed by atoms with Gasteiger partial charge in [-0.2, -0.15) is 0 Å². The van der Waals surface area contributed by atoms with Gasteiger partial charge in [0.15, 0.2) is 0 Å². The van der Waals surface area contributed by atoms with Crippen LogP contribution >= 0.6 is 0 Å². The first-order valence-corrected chi connectivity index (χ1v) is 9.45. The summed E-state index contributed by atoms with van der Waals surface area (Å²) in [6.07, 6.45) is 4.51. The molecule has 1 heterocycles. The smallest absolute Gasteiger partial charge is 0.404 e. The van der Waals surface area contributed by atoms with Crippen LogP contribution in [0.15, 0.2) is 24.3 Å². The van der Waals surface area contributed by atoms with Gasteiger partial charge in [0.25, 0.3) is 0 Å². The second-order valence-corrected chi connectivity index (χ2v) is 9.03. The minimum atomic E-state index is -0.249. The van der Waals surface area contributed by atoms with Gasteiger partial charge in [-0.25, -0.2) is 0 Å². The SMILES string of the molecule is Cc1ccc(CC[C@H](N)B2O[C@@H]3C[C@@H]4C[C@@H](C4(C)C)[C@]3(C)O2)cc1. The van der Waals surface area contributed by atoms with E-state index in [1.807, 2.05) is 0 Å². The van der Waals surface area contributed by atoms with Gasteiger partial charge in [-0.3, -0.25) is 0 Å². The van der Waals surface area contributed by atoms with Gasteiger partial charge < -0.3 is 15.0 Å². The highest BCUT2D eigenvalue weighted by Crippen LogP contribution is 2.65. The molecule has 3 nitrogen and oxygen atoms in total. The molecule has 1 aromatic carbocycles. The standard InChI is InChI=1S/C20H30BNO2/c1-13-5-7-14(8-6-13)9-10-18(22)21-23-17-12-15-11-16(19(15,2)3)20(17,4)24-21/h5-8,15-18H,9-12,22H2,1-4H3/t15-,16-,17+,18-,20-/m0/s1. The Morgan fingerprint density at radius 2 is 1.92 bits per heavy atom. The summed E-state index contributed by atoms with van der Waals surface area (Å²) in [5.74, 6) is 1.32. The molecule has 1 aromatic rings. The number of nitrogens with two attached hydrogens (primary N) is 1. The minimum absolute atomic E-state index is 0.0611. The number of hydrogen-bond donors (Lipinski definition) is 1. The number of hydrogen-bond acceptors (Lipinski definition) is 3. The molecule has 0 unspecified atom stereocenters. The van der Waals surface area contributed by atoms with Crippen LogP contribution in [-0.4, -0.2) is 24.8 Å². The molecule has 3 aliphatic carbocycles. The third kappa shape index (κ3) is 2.46. The van der Waals surface area contributed by atoms with Crippen molar-refractivity contribution in [1.29, 1.82) is 0 Å². The van der Waals surface area contributed by atoms with Gasteiger partial charge in [0.2, 0.25) is 0 Å². The average molecular weight is 327 g/mol. The van der Waals surface area contributed by atoms with Crippen molar-refractivity contribution in [3.05, 3.63) is 35.4 Å². The van der Waals surface area contributed by atoms with Crippen LogP contribution in [0.5, 0.6) is 0 Å². The summed E-state index contributed by atoms with van der Waals surface area (Å²) in [4.78, 5) is 0. The molecule has 0 spiro atoms. The largest absolute Gasteiger partial charge is 0.475 e. The molecular formula is C20H30BNO2. The molecule has 4 fully saturated rings. The van der Waals surface area contributed by atoms with Gasteiger partial charge in [0, 0.05) is 5.94 Å². The summed E-state index contributed by atoms with van der Waals surface area (Å²) in [5.41, 5.74) is 9.31. The van der Waals surface area contributed by atoms with Gasteiger partial charge in [-0.1, -0.05) is 43.7 Å². The van der Waals surface area contributed by atoms with Crippen molar-refractivity contribution in [3.63, 3.8) is 0 Å². The Morgan fingerprint density at radius 1 is 1.21 bits per heavy atom. The highest BCUT2D eigenvalue weighted by atomic mass is 16.7. The lowest BCUT2D eigenvalue weighted by Crippen LogP contribution is -2.65. The van der Waals surface area contributed by atoms with Crippen molar-refractivity contribution in [1.82, 2.24) is 0 Å². The summed E-state index contributed by atoms with van der Waals surface area (Å²) >= 11 is 0. The molecule has 4 aliphatic rings. The van der Waals surface area contributed by atoms with E-state index in [2.05, 4.69) is 52.0 Å². The van der Waals surface area contributed by atoms with Gasteiger partial charge in [0.05, 0.1) is 11.7 Å². The Kier molecular flexibility index (Phi) is 3.87. The lowest BCUT2D eigenvalue weighted by molar-refractivity contribution is -0.199. The Bertz CT molecular complexity index is 617. The summed E-state index contributed by atoms with van der Waals surface area (Å²) in [5, 5.41) is 0. The summed E-state index contributed by atoms with van der Waals surface area (Å²) in [6.45, 7) is 9.15. The van der Waals surface area contributed by atoms with Crippen molar-refractivity contribution in [2.45, 2.75) is 71.0 Å². The van der Waals surface area contributed by atoms with Gasteiger partial charge in [0.1, 0.15) is 0 Å². The lowest BCUT2D eigenvalue weighted by Gasteiger charge is -2.64. The van der Waals surface area contributed by atoms with Gasteiger partial charge >= 0.3 is 7.12 Å². The molecule has 2 bridgehead atoms. The van der Waals surface area contributed by atoms with E-state index in [1.165, 1.54) is 17.5 Å². The van der Waals surface area contributed by atoms with Gasteiger partial charge in [-0.05, 0) is 62.3 Å². The first-order chi connectivity index (χ1) is 11.3. The van der Waals surface area contributed by atoms with Crippen LogP contribution in [0, 0.1) is 24.2 Å². The molecule has 3 saturated carbocycles. The van der Waals surface area contributed by atoms with Gasteiger partial charge in [-0.15, -0.1) is 0 Å². The number of aryl methyl sites for hydroxylation is 2. The van der Waals surface area contributed by atoms with E-state index in [4.69, 9.17) is 15.0 Å². The van der Waals surface area contributed by atoms with Crippen LogP contribution in [0.2, 0.25) is 0 Å². The molecule has 130 valence electrons. The third-order valence-electron chi connectivity index (χ3n) is 7.21. The van der Waals surface area contributed by atoms with E-state index in [0.29, 0.717) is 11.3 Å². The van der Waals surface area contributed by atoms with Crippen LogP contribution in [0.25, 0.3) is 0 Å². The predicted octanol–water partition coefficient (Wildman–Crippen LogP) is 3.52. The van der Waals surface area contributed by atoms with Crippen molar-refractivity contribution in [3.8, 4) is 0 Å². The maximum Gasteiger partial charge on any atom is 0.475 e. The third-order valence-corrected chi connectivity index (χ3v) is 7.21. The summed E-state index contributed by atoms with van der Waals surface area (Å²) in [7, 11) is -0.249. The zero-order chi connectivity index (χ0) is 17.1. The van der Waals surface area contributed by atoms with Crippen LogP contribution in [0.1, 0.15) is 51.2 Å². The Hall–Kier alpha value is -0.835. The van der Waals surface area contributed by atoms with E-state index in [9.17, 15) is 0 Å². The molecule has 0 amide bonds. The van der Waals surface area contributed by atoms with Crippen LogP contribution in [-0.2, 0) is 15.7 Å². The topological polar surface area (TPSA) is 44.5 Å². The number of rotatable bonds is 4. The van der Waals surface area contributed by atoms with Crippen LogP contribution in [0.4, 0.5) is 0 Å². The fraction of sp³-hybridized carbons (Fsp3) is 0.700. The molecule has 4 heteroatoms. The summed E-state index contributed by atoms with van der Waals surface area (Å²) in [6, 6.07) is 8.70. The first-order valence-electron chi connectivity index (χ1n) is 9.45. The quantitative estimate of drug-likeness (QED) is 0.861. The molecule has 24 heavy (non-hydrogen) atoms. The fourth-order valence-corrected chi connectivity index (χ4v) is 5.31. The van der Waals surface area contributed by atoms with E-state index >= 15 is 0 Å². The predicted molar refractivity (Wildman–Crippen MR) is 97.6 cm³/mol. The molecule has 1 saturated heterocycles.